The van der Waals surface area contributed by atoms with E-state index in [0.29, 0.717) is 6.04 Å². The van der Waals surface area contributed by atoms with E-state index in [1.54, 1.807) is 0 Å². The van der Waals surface area contributed by atoms with Crippen molar-refractivity contribution in [2.45, 2.75) is 32.7 Å². The standard InChI is InChI=1S/C13H21NOS/c1-10-5-8-16-13(10)11(2)14-6-3-12-4-7-15-9-12/h5,8,11-12,14H,3-4,6-7,9H2,1-2H3. The lowest BCUT2D eigenvalue weighted by Gasteiger charge is -2.15. The largest absolute Gasteiger partial charge is 0.381 e. The van der Waals surface area contributed by atoms with Crippen molar-refractivity contribution in [2.75, 3.05) is 19.8 Å². The molecule has 2 nitrogen and oxygen atoms in total. The second-order valence-electron chi connectivity index (χ2n) is 4.66. The second kappa shape index (κ2) is 5.80. The van der Waals surface area contributed by atoms with Gasteiger partial charge < -0.3 is 10.1 Å². The molecule has 0 bridgehead atoms. The number of ether oxygens (including phenoxy) is 1. The number of rotatable bonds is 5. The van der Waals surface area contributed by atoms with Gasteiger partial charge in [0.15, 0.2) is 0 Å². The van der Waals surface area contributed by atoms with Crippen LogP contribution in [-0.4, -0.2) is 19.8 Å². The first-order valence-electron chi connectivity index (χ1n) is 6.12. The molecule has 1 aliphatic rings. The first kappa shape index (κ1) is 12.1. The van der Waals surface area contributed by atoms with Crippen LogP contribution in [0.4, 0.5) is 0 Å². The Balaban J connectivity index is 1.71. The van der Waals surface area contributed by atoms with Gasteiger partial charge in [-0.1, -0.05) is 0 Å². The molecule has 1 aromatic heterocycles. The lowest BCUT2D eigenvalue weighted by Crippen LogP contribution is -2.21. The maximum absolute atomic E-state index is 5.38. The molecule has 90 valence electrons. The Bertz CT molecular complexity index is 317. The van der Waals surface area contributed by atoms with Gasteiger partial charge in [-0.25, -0.2) is 0 Å². The van der Waals surface area contributed by atoms with E-state index in [1.807, 2.05) is 11.3 Å². The van der Waals surface area contributed by atoms with Crippen molar-refractivity contribution in [2.24, 2.45) is 5.92 Å². The Morgan fingerprint density at radius 3 is 3.12 bits per heavy atom. The summed E-state index contributed by atoms with van der Waals surface area (Å²) < 4.78 is 5.38. The van der Waals surface area contributed by atoms with Crippen LogP contribution in [0.3, 0.4) is 0 Å². The fourth-order valence-corrected chi connectivity index (χ4v) is 3.20. The van der Waals surface area contributed by atoms with E-state index in [-0.39, 0.29) is 0 Å². The molecular formula is C13H21NOS. The minimum absolute atomic E-state index is 0.488. The van der Waals surface area contributed by atoms with Crippen LogP contribution in [-0.2, 0) is 4.74 Å². The summed E-state index contributed by atoms with van der Waals surface area (Å²) in [5.41, 5.74) is 1.41. The molecule has 0 saturated carbocycles. The summed E-state index contributed by atoms with van der Waals surface area (Å²) in [6.07, 6.45) is 2.49. The van der Waals surface area contributed by atoms with E-state index >= 15 is 0 Å². The number of thiophene rings is 1. The van der Waals surface area contributed by atoms with Crippen molar-refractivity contribution >= 4 is 11.3 Å². The predicted molar refractivity (Wildman–Crippen MR) is 69.0 cm³/mol. The molecule has 0 aromatic carbocycles. The van der Waals surface area contributed by atoms with Gasteiger partial charge in [0.1, 0.15) is 0 Å². The van der Waals surface area contributed by atoms with Gasteiger partial charge in [-0.3, -0.25) is 0 Å². The van der Waals surface area contributed by atoms with Crippen LogP contribution in [0.1, 0.15) is 36.2 Å². The van der Waals surface area contributed by atoms with Gasteiger partial charge in [0, 0.05) is 24.1 Å². The summed E-state index contributed by atoms with van der Waals surface area (Å²) in [4.78, 5) is 1.47. The first-order chi connectivity index (χ1) is 7.77. The number of nitrogens with one attached hydrogen (secondary N) is 1. The first-order valence-corrected chi connectivity index (χ1v) is 7.00. The van der Waals surface area contributed by atoms with Crippen molar-refractivity contribution in [3.05, 3.63) is 21.9 Å². The zero-order valence-corrected chi connectivity index (χ0v) is 11.0. The van der Waals surface area contributed by atoms with Crippen LogP contribution < -0.4 is 5.32 Å². The summed E-state index contributed by atoms with van der Waals surface area (Å²) in [5.74, 6) is 0.782. The normalized spacial score (nSPS) is 22.5. The van der Waals surface area contributed by atoms with Crippen LogP contribution in [0.25, 0.3) is 0 Å². The molecule has 0 amide bonds. The molecule has 1 aliphatic heterocycles. The molecule has 1 aromatic rings. The Kier molecular flexibility index (Phi) is 4.38. The van der Waals surface area contributed by atoms with Gasteiger partial charge in [0.05, 0.1) is 0 Å². The molecule has 1 fully saturated rings. The fraction of sp³-hybridized carbons (Fsp3) is 0.692. The number of hydrogen-bond acceptors (Lipinski definition) is 3. The highest BCUT2D eigenvalue weighted by Gasteiger charge is 2.16. The van der Waals surface area contributed by atoms with Gasteiger partial charge in [0.25, 0.3) is 0 Å². The highest BCUT2D eigenvalue weighted by Crippen LogP contribution is 2.23. The number of aryl methyl sites for hydroxylation is 1. The third kappa shape index (κ3) is 3.06. The van der Waals surface area contributed by atoms with Gasteiger partial charge in [-0.2, -0.15) is 0 Å². The maximum Gasteiger partial charge on any atom is 0.0495 e. The highest BCUT2D eigenvalue weighted by atomic mass is 32.1. The average Bonchev–Trinajstić information content (AvgIpc) is 2.88. The highest BCUT2D eigenvalue weighted by molar-refractivity contribution is 7.10. The molecule has 0 spiro atoms. The summed E-state index contributed by atoms with van der Waals surface area (Å²) in [5, 5.41) is 5.78. The summed E-state index contributed by atoms with van der Waals surface area (Å²) in [6.45, 7) is 7.48. The topological polar surface area (TPSA) is 21.3 Å². The lowest BCUT2D eigenvalue weighted by molar-refractivity contribution is 0.184. The van der Waals surface area contributed by atoms with Crippen LogP contribution in [0.2, 0.25) is 0 Å². The summed E-state index contributed by atoms with van der Waals surface area (Å²) in [6, 6.07) is 2.69. The SMILES string of the molecule is Cc1ccsc1C(C)NCCC1CCOC1. The lowest BCUT2D eigenvalue weighted by atomic mass is 10.1. The third-order valence-electron chi connectivity index (χ3n) is 3.32. The molecule has 1 N–H and O–H groups in total. The van der Waals surface area contributed by atoms with Crippen molar-refractivity contribution in [3.63, 3.8) is 0 Å². The predicted octanol–water partition coefficient (Wildman–Crippen LogP) is 3.13. The molecule has 0 aliphatic carbocycles. The Morgan fingerprint density at radius 1 is 1.62 bits per heavy atom. The van der Waals surface area contributed by atoms with E-state index in [2.05, 4.69) is 30.6 Å². The van der Waals surface area contributed by atoms with E-state index in [0.717, 1.165) is 25.7 Å². The van der Waals surface area contributed by atoms with Crippen molar-refractivity contribution in [1.82, 2.24) is 5.32 Å². The van der Waals surface area contributed by atoms with E-state index < -0.39 is 0 Å². The summed E-state index contributed by atoms with van der Waals surface area (Å²) in [7, 11) is 0. The van der Waals surface area contributed by atoms with Crippen molar-refractivity contribution < 1.29 is 4.74 Å². The minimum atomic E-state index is 0.488. The molecule has 2 unspecified atom stereocenters. The van der Waals surface area contributed by atoms with Crippen LogP contribution >= 0.6 is 11.3 Å². The van der Waals surface area contributed by atoms with Crippen LogP contribution in [0.15, 0.2) is 11.4 Å². The maximum atomic E-state index is 5.38. The van der Waals surface area contributed by atoms with E-state index in [1.165, 1.54) is 23.3 Å². The van der Waals surface area contributed by atoms with Crippen molar-refractivity contribution in [3.8, 4) is 0 Å². The molecule has 2 heterocycles. The summed E-state index contributed by atoms with van der Waals surface area (Å²) >= 11 is 1.85. The van der Waals surface area contributed by atoms with E-state index in [4.69, 9.17) is 4.74 Å². The minimum Gasteiger partial charge on any atom is -0.381 e. The van der Waals surface area contributed by atoms with Gasteiger partial charge >= 0.3 is 0 Å². The third-order valence-corrected chi connectivity index (χ3v) is 4.52. The smallest absolute Gasteiger partial charge is 0.0495 e. The molecule has 0 radical (unpaired) electrons. The van der Waals surface area contributed by atoms with Gasteiger partial charge in [0.2, 0.25) is 0 Å². The molecule has 16 heavy (non-hydrogen) atoms. The fourth-order valence-electron chi connectivity index (χ4n) is 2.24. The Hall–Kier alpha value is -0.380. The molecule has 3 heteroatoms. The zero-order chi connectivity index (χ0) is 11.4. The molecule has 2 rings (SSSR count). The monoisotopic (exact) mass is 239 g/mol. The number of hydrogen-bond donors (Lipinski definition) is 1. The zero-order valence-electron chi connectivity index (χ0n) is 10.2. The Morgan fingerprint density at radius 2 is 2.50 bits per heavy atom. The van der Waals surface area contributed by atoms with Crippen molar-refractivity contribution in [1.29, 1.82) is 0 Å². The van der Waals surface area contributed by atoms with Crippen LogP contribution in [0.5, 0.6) is 0 Å². The van der Waals surface area contributed by atoms with Crippen LogP contribution in [0, 0.1) is 12.8 Å². The van der Waals surface area contributed by atoms with Gasteiger partial charge in [-0.15, -0.1) is 11.3 Å². The van der Waals surface area contributed by atoms with E-state index in [9.17, 15) is 0 Å². The molecule has 1 saturated heterocycles. The molecule has 2 atom stereocenters. The van der Waals surface area contributed by atoms with Gasteiger partial charge in [-0.05, 0) is 56.2 Å². The molecular weight excluding hydrogens is 218 g/mol. The quantitative estimate of drug-likeness (QED) is 0.852. The average molecular weight is 239 g/mol. The second-order valence-corrected chi connectivity index (χ2v) is 5.61. The Labute approximate surface area is 102 Å².